The number of benzene rings is 2. The van der Waals surface area contributed by atoms with Gasteiger partial charge < -0.3 is 21.1 Å². The first kappa shape index (κ1) is 12.3. The Morgan fingerprint density at radius 3 is 2.70 bits per heavy atom. The topological polar surface area (TPSA) is 76.4 Å². The number of hydrogen-bond acceptors (Lipinski definition) is 3. The third kappa shape index (κ3) is 2.51. The van der Waals surface area contributed by atoms with E-state index in [1.165, 1.54) is 0 Å². The maximum Gasteiger partial charge on any atom is 0.319 e. The average Bonchev–Trinajstić information content (AvgIpc) is 2.85. The first-order valence-corrected chi connectivity index (χ1v) is 6.37. The van der Waals surface area contributed by atoms with Crippen LogP contribution in [-0.4, -0.2) is 12.6 Å². The minimum absolute atomic E-state index is 0.125. The number of carbonyl (C=O) groups is 1. The van der Waals surface area contributed by atoms with Gasteiger partial charge in [-0.05, 0) is 30.3 Å². The Labute approximate surface area is 116 Å². The Hall–Kier alpha value is -2.69. The van der Waals surface area contributed by atoms with Crippen LogP contribution in [-0.2, 0) is 0 Å². The molecule has 5 nitrogen and oxygen atoms in total. The number of nitrogens with one attached hydrogen (secondary N) is 2. The fourth-order valence-corrected chi connectivity index (χ4v) is 2.17. The molecule has 3 rings (SSSR count). The molecular formula is C15H15N3O2. The van der Waals surface area contributed by atoms with E-state index in [2.05, 4.69) is 10.6 Å². The molecule has 1 unspecified atom stereocenters. The number of amides is 2. The van der Waals surface area contributed by atoms with Gasteiger partial charge in [-0.15, -0.1) is 0 Å². The van der Waals surface area contributed by atoms with E-state index < -0.39 is 0 Å². The highest BCUT2D eigenvalue weighted by molar-refractivity contribution is 5.89. The number of fused-ring (bicyclic) bond motifs is 1. The van der Waals surface area contributed by atoms with Crippen LogP contribution in [0.5, 0.6) is 5.75 Å². The van der Waals surface area contributed by atoms with E-state index in [-0.39, 0.29) is 12.1 Å². The van der Waals surface area contributed by atoms with Gasteiger partial charge in [0.2, 0.25) is 0 Å². The lowest BCUT2D eigenvalue weighted by Gasteiger charge is -2.13. The van der Waals surface area contributed by atoms with Crippen LogP contribution >= 0.6 is 0 Å². The molecule has 2 aromatic carbocycles. The average molecular weight is 269 g/mol. The molecular weight excluding hydrogens is 254 g/mol. The second-order valence-corrected chi connectivity index (χ2v) is 4.62. The molecule has 2 amide bonds. The van der Waals surface area contributed by atoms with Gasteiger partial charge in [0.25, 0.3) is 0 Å². The molecule has 0 bridgehead atoms. The molecule has 0 aliphatic carbocycles. The molecule has 2 aromatic rings. The van der Waals surface area contributed by atoms with E-state index >= 15 is 0 Å². The number of nitrogen functional groups attached to an aromatic ring is 1. The minimum Gasteiger partial charge on any atom is -0.491 e. The molecule has 0 spiro atoms. The zero-order valence-electron chi connectivity index (χ0n) is 10.8. The SMILES string of the molecule is Nc1ccc(NC(=O)NC2COc3ccccc32)cc1. The summed E-state index contributed by atoms with van der Waals surface area (Å²) in [5, 5.41) is 5.66. The molecule has 1 aliphatic heterocycles. The summed E-state index contributed by atoms with van der Waals surface area (Å²) in [6, 6.07) is 14.3. The van der Waals surface area contributed by atoms with E-state index in [0.29, 0.717) is 18.0 Å². The van der Waals surface area contributed by atoms with Crippen LogP contribution in [0, 0.1) is 0 Å². The van der Waals surface area contributed by atoms with Crippen molar-refractivity contribution in [3.8, 4) is 5.75 Å². The van der Waals surface area contributed by atoms with Crippen LogP contribution in [0.1, 0.15) is 11.6 Å². The third-order valence-electron chi connectivity index (χ3n) is 3.17. The Kier molecular flexibility index (Phi) is 3.16. The van der Waals surface area contributed by atoms with Crippen LogP contribution < -0.4 is 21.1 Å². The van der Waals surface area contributed by atoms with Crippen molar-refractivity contribution in [1.29, 1.82) is 0 Å². The van der Waals surface area contributed by atoms with Gasteiger partial charge >= 0.3 is 6.03 Å². The Bertz CT molecular complexity index is 625. The molecule has 20 heavy (non-hydrogen) atoms. The molecule has 0 fully saturated rings. The summed E-state index contributed by atoms with van der Waals surface area (Å²) in [7, 11) is 0. The monoisotopic (exact) mass is 269 g/mol. The van der Waals surface area contributed by atoms with E-state index in [4.69, 9.17) is 10.5 Å². The van der Waals surface area contributed by atoms with Crippen molar-refractivity contribution in [2.45, 2.75) is 6.04 Å². The highest BCUT2D eigenvalue weighted by atomic mass is 16.5. The van der Waals surface area contributed by atoms with Gasteiger partial charge in [-0.1, -0.05) is 18.2 Å². The summed E-state index contributed by atoms with van der Waals surface area (Å²) in [5.74, 6) is 0.824. The van der Waals surface area contributed by atoms with Crippen LogP contribution in [0.2, 0.25) is 0 Å². The van der Waals surface area contributed by atoms with Gasteiger partial charge in [0.05, 0.1) is 6.04 Å². The Balaban J connectivity index is 1.64. The molecule has 1 aliphatic rings. The third-order valence-corrected chi connectivity index (χ3v) is 3.17. The van der Waals surface area contributed by atoms with Gasteiger partial charge in [-0.25, -0.2) is 4.79 Å². The maximum absolute atomic E-state index is 12.0. The Morgan fingerprint density at radius 1 is 1.15 bits per heavy atom. The van der Waals surface area contributed by atoms with Crippen LogP contribution in [0.4, 0.5) is 16.2 Å². The summed E-state index contributed by atoms with van der Waals surface area (Å²) >= 11 is 0. The minimum atomic E-state index is -0.264. The van der Waals surface area contributed by atoms with Crippen LogP contribution in [0.3, 0.4) is 0 Å². The van der Waals surface area contributed by atoms with Crippen LogP contribution in [0.15, 0.2) is 48.5 Å². The van der Waals surface area contributed by atoms with Crippen molar-refractivity contribution in [3.05, 3.63) is 54.1 Å². The van der Waals surface area contributed by atoms with Crippen LogP contribution in [0.25, 0.3) is 0 Å². The molecule has 5 heteroatoms. The van der Waals surface area contributed by atoms with E-state index in [1.807, 2.05) is 24.3 Å². The molecule has 0 radical (unpaired) electrons. The van der Waals surface area contributed by atoms with E-state index in [1.54, 1.807) is 24.3 Å². The number of para-hydroxylation sites is 1. The first-order chi connectivity index (χ1) is 9.72. The van der Waals surface area contributed by atoms with Gasteiger partial charge in [0, 0.05) is 16.9 Å². The lowest BCUT2D eigenvalue weighted by atomic mass is 10.1. The van der Waals surface area contributed by atoms with E-state index in [0.717, 1.165) is 11.3 Å². The number of nitrogens with two attached hydrogens (primary N) is 1. The molecule has 0 saturated carbocycles. The highest BCUT2D eigenvalue weighted by Crippen LogP contribution is 2.31. The molecule has 1 heterocycles. The maximum atomic E-state index is 12.0. The van der Waals surface area contributed by atoms with Gasteiger partial charge in [-0.3, -0.25) is 0 Å². The summed E-state index contributed by atoms with van der Waals surface area (Å²) in [6.45, 7) is 0.453. The number of rotatable bonds is 2. The molecule has 0 aromatic heterocycles. The fraction of sp³-hybridized carbons (Fsp3) is 0.133. The molecule has 4 N–H and O–H groups in total. The van der Waals surface area contributed by atoms with Crippen molar-refractivity contribution in [2.24, 2.45) is 0 Å². The lowest BCUT2D eigenvalue weighted by molar-refractivity contribution is 0.243. The zero-order chi connectivity index (χ0) is 13.9. The number of carbonyl (C=O) groups excluding carboxylic acids is 1. The summed E-state index contributed by atoms with van der Waals surface area (Å²) < 4.78 is 5.52. The molecule has 1 atom stereocenters. The Morgan fingerprint density at radius 2 is 1.90 bits per heavy atom. The number of ether oxygens (including phenoxy) is 1. The van der Waals surface area contributed by atoms with Gasteiger partial charge in [0.15, 0.2) is 0 Å². The lowest BCUT2D eigenvalue weighted by Crippen LogP contribution is -2.33. The standard InChI is InChI=1S/C15H15N3O2/c16-10-5-7-11(8-6-10)17-15(19)18-13-9-20-14-4-2-1-3-12(13)14/h1-8,13H,9,16H2,(H2,17,18,19). The predicted octanol–water partition coefficient (Wildman–Crippen LogP) is 2.52. The summed E-state index contributed by atoms with van der Waals surface area (Å²) in [4.78, 5) is 12.0. The van der Waals surface area contributed by atoms with Crippen molar-refractivity contribution in [2.75, 3.05) is 17.7 Å². The quantitative estimate of drug-likeness (QED) is 0.733. The summed E-state index contributed by atoms with van der Waals surface area (Å²) in [6.07, 6.45) is 0. The predicted molar refractivity (Wildman–Crippen MR) is 77.7 cm³/mol. The van der Waals surface area contributed by atoms with Crippen molar-refractivity contribution in [1.82, 2.24) is 5.32 Å². The van der Waals surface area contributed by atoms with Crippen molar-refractivity contribution < 1.29 is 9.53 Å². The second-order valence-electron chi connectivity index (χ2n) is 4.62. The van der Waals surface area contributed by atoms with Crippen molar-refractivity contribution in [3.63, 3.8) is 0 Å². The normalized spacial score (nSPS) is 16.1. The number of urea groups is 1. The smallest absolute Gasteiger partial charge is 0.319 e. The zero-order valence-corrected chi connectivity index (χ0v) is 10.8. The molecule has 0 saturated heterocycles. The van der Waals surface area contributed by atoms with Gasteiger partial charge in [0.1, 0.15) is 12.4 Å². The summed E-state index contributed by atoms with van der Waals surface area (Å²) in [5.41, 5.74) is 7.96. The van der Waals surface area contributed by atoms with E-state index in [9.17, 15) is 4.79 Å². The highest BCUT2D eigenvalue weighted by Gasteiger charge is 2.24. The number of anilines is 2. The number of hydrogen-bond donors (Lipinski definition) is 3. The molecule has 102 valence electrons. The van der Waals surface area contributed by atoms with Crippen molar-refractivity contribution >= 4 is 17.4 Å². The fourth-order valence-electron chi connectivity index (χ4n) is 2.17. The largest absolute Gasteiger partial charge is 0.491 e. The second kappa shape index (κ2) is 5.13. The first-order valence-electron chi connectivity index (χ1n) is 6.37. The van der Waals surface area contributed by atoms with Gasteiger partial charge in [-0.2, -0.15) is 0 Å².